The topological polar surface area (TPSA) is 49.4 Å². The minimum Gasteiger partial charge on any atom is -0.352 e. The van der Waals surface area contributed by atoms with E-state index in [0.717, 1.165) is 47.6 Å². The predicted molar refractivity (Wildman–Crippen MR) is 148 cm³/mol. The van der Waals surface area contributed by atoms with E-state index < -0.39 is 6.04 Å². The van der Waals surface area contributed by atoms with Crippen molar-refractivity contribution in [3.8, 4) is 0 Å². The number of nitrogens with zero attached hydrogens (tertiary/aromatic N) is 1. The molecule has 0 radical (unpaired) electrons. The smallest absolute Gasteiger partial charge is 0.243 e. The fourth-order valence-electron chi connectivity index (χ4n) is 5.19. The molecular weight excluding hydrogens is 491 g/mol. The SMILES string of the molecule is CCC(C(=O)NC1CCCCC1)N(Cc1ccc(Cl)cc1Cl)C(=O)CCc1cccc2ccccc12. The molecule has 1 aliphatic carbocycles. The van der Waals surface area contributed by atoms with Crippen LogP contribution < -0.4 is 5.32 Å². The summed E-state index contributed by atoms with van der Waals surface area (Å²) < 4.78 is 0. The lowest BCUT2D eigenvalue weighted by molar-refractivity contribution is -0.141. The van der Waals surface area contributed by atoms with Gasteiger partial charge in [-0.1, -0.05) is 97.9 Å². The van der Waals surface area contributed by atoms with E-state index in [0.29, 0.717) is 29.3 Å². The van der Waals surface area contributed by atoms with Gasteiger partial charge in [-0.3, -0.25) is 9.59 Å². The number of hydrogen-bond acceptors (Lipinski definition) is 2. The number of carbonyl (C=O) groups excluding carboxylic acids is 2. The molecular formula is C30H34Cl2N2O2. The molecule has 36 heavy (non-hydrogen) atoms. The second kappa shape index (κ2) is 12.6. The van der Waals surface area contributed by atoms with Gasteiger partial charge in [-0.05, 0) is 59.7 Å². The standard InChI is InChI=1S/C30H34Cl2N2O2/c1-2-28(30(36)33-25-12-4-3-5-13-25)34(20-23-15-17-24(31)19-27(23)32)29(35)18-16-22-11-8-10-21-9-6-7-14-26(21)22/h6-11,14-15,17,19,25,28H,2-5,12-13,16,18,20H2,1H3,(H,33,36). The summed E-state index contributed by atoms with van der Waals surface area (Å²) in [4.78, 5) is 28.8. The van der Waals surface area contributed by atoms with Gasteiger partial charge in [-0.25, -0.2) is 0 Å². The highest BCUT2D eigenvalue weighted by molar-refractivity contribution is 6.35. The normalized spacial score (nSPS) is 15.0. The number of rotatable bonds is 9. The average Bonchev–Trinajstić information content (AvgIpc) is 2.89. The molecule has 1 atom stereocenters. The highest BCUT2D eigenvalue weighted by Crippen LogP contribution is 2.26. The Labute approximate surface area is 224 Å². The third kappa shape index (κ3) is 6.60. The van der Waals surface area contributed by atoms with Crippen LogP contribution in [-0.4, -0.2) is 28.8 Å². The van der Waals surface area contributed by atoms with Gasteiger partial charge in [0.1, 0.15) is 6.04 Å². The van der Waals surface area contributed by atoms with Crippen molar-refractivity contribution in [2.24, 2.45) is 0 Å². The Kier molecular flexibility index (Phi) is 9.28. The quantitative estimate of drug-likeness (QED) is 0.318. The Bertz CT molecular complexity index is 1200. The first kappa shape index (κ1) is 26.5. The van der Waals surface area contributed by atoms with Crippen LogP contribution in [0.5, 0.6) is 0 Å². The van der Waals surface area contributed by atoms with Gasteiger partial charge in [0.15, 0.2) is 0 Å². The summed E-state index contributed by atoms with van der Waals surface area (Å²) in [6, 6.07) is 19.3. The van der Waals surface area contributed by atoms with Gasteiger partial charge in [0, 0.05) is 29.1 Å². The largest absolute Gasteiger partial charge is 0.352 e. The number of amides is 2. The molecule has 190 valence electrons. The zero-order valence-corrected chi connectivity index (χ0v) is 22.3. The number of halogens is 2. The van der Waals surface area contributed by atoms with E-state index in [9.17, 15) is 9.59 Å². The summed E-state index contributed by atoms with van der Waals surface area (Å²) in [5, 5.41) is 6.58. The van der Waals surface area contributed by atoms with Crippen molar-refractivity contribution < 1.29 is 9.59 Å². The number of aryl methyl sites for hydroxylation is 1. The van der Waals surface area contributed by atoms with Gasteiger partial charge >= 0.3 is 0 Å². The molecule has 0 heterocycles. The number of hydrogen-bond donors (Lipinski definition) is 1. The van der Waals surface area contributed by atoms with Crippen molar-refractivity contribution in [1.29, 1.82) is 0 Å². The van der Waals surface area contributed by atoms with E-state index >= 15 is 0 Å². The molecule has 0 aliphatic heterocycles. The van der Waals surface area contributed by atoms with E-state index in [-0.39, 0.29) is 24.4 Å². The molecule has 2 amide bonds. The fourth-order valence-corrected chi connectivity index (χ4v) is 5.66. The molecule has 1 N–H and O–H groups in total. The second-order valence-corrected chi connectivity index (χ2v) is 10.5. The third-order valence-corrected chi connectivity index (χ3v) is 7.77. The van der Waals surface area contributed by atoms with Crippen molar-refractivity contribution in [2.45, 2.75) is 76.9 Å². The van der Waals surface area contributed by atoms with Gasteiger partial charge in [0.2, 0.25) is 11.8 Å². The van der Waals surface area contributed by atoms with E-state index in [2.05, 4.69) is 29.6 Å². The molecule has 0 saturated heterocycles. The third-order valence-electron chi connectivity index (χ3n) is 7.18. The summed E-state index contributed by atoms with van der Waals surface area (Å²) in [6.45, 7) is 2.22. The molecule has 0 aromatic heterocycles. The van der Waals surface area contributed by atoms with Crippen LogP contribution in [0.4, 0.5) is 0 Å². The Morgan fingerprint density at radius 2 is 1.72 bits per heavy atom. The summed E-state index contributed by atoms with van der Waals surface area (Å²) in [6.07, 6.45) is 6.94. The van der Waals surface area contributed by atoms with Gasteiger partial charge in [0.25, 0.3) is 0 Å². The van der Waals surface area contributed by atoms with Crippen LogP contribution in [0.3, 0.4) is 0 Å². The van der Waals surface area contributed by atoms with Crippen LogP contribution in [0.1, 0.15) is 63.0 Å². The summed E-state index contributed by atoms with van der Waals surface area (Å²) in [7, 11) is 0. The molecule has 3 aromatic carbocycles. The monoisotopic (exact) mass is 524 g/mol. The zero-order chi connectivity index (χ0) is 25.5. The molecule has 3 aromatic rings. The second-order valence-electron chi connectivity index (χ2n) is 9.66. The van der Waals surface area contributed by atoms with E-state index in [1.165, 1.54) is 6.42 Å². The van der Waals surface area contributed by atoms with Crippen LogP contribution >= 0.6 is 23.2 Å². The van der Waals surface area contributed by atoms with Crippen molar-refractivity contribution >= 4 is 45.8 Å². The molecule has 6 heteroatoms. The Morgan fingerprint density at radius 3 is 2.47 bits per heavy atom. The lowest BCUT2D eigenvalue weighted by Gasteiger charge is -2.33. The van der Waals surface area contributed by atoms with Crippen LogP contribution in [0.2, 0.25) is 10.0 Å². The van der Waals surface area contributed by atoms with E-state index in [4.69, 9.17) is 23.2 Å². The summed E-state index contributed by atoms with van der Waals surface area (Å²) in [5.74, 6) is -0.132. The molecule has 1 saturated carbocycles. The van der Waals surface area contributed by atoms with Crippen LogP contribution in [0.15, 0.2) is 60.7 Å². The van der Waals surface area contributed by atoms with Crippen molar-refractivity contribution in [3.63, 3.8) is 0 Å². The van der Waals surface area contributed by atoms with Crippen LogP contribution in [0, 0.1) is 0 Å². The van der Waals surface area contributed by atoms with Crippen LogP contribution in [-0.2, 0) is 22.6 Å². The minimum atomic E-state index is -0.557. The van der Waals surface area contributed by atoms with Crippen molar-refractivity contribution in [3.05, 3.63) is 81.8 Å². The predicted octanol–water partition coefficient (Wildman–Crippen LogP) is 7.34. The molecule has 0 bridgehead atoms. The van der Waals surface area contributed by atoms with Gasteiger partial charge in [-0.15, -0.1) is 0 Å². The number of fused-ring (bicyclic) bond motifs is 1. The maximum atomic E-state index is 13.7. The van der Waals surface area contributed by atoms with Gasteiger partial charge < -0.3 is 10.2 Å². The summed E-state index contributed by atoms with van der Waals surface area (Å²) in [5.41, 5.74) is 1.91. The molecule has 0 spiro atoms. The van der Waals surface area contributed by atoms with E-state index in [1.54, 1.807) is 17.0 Å². The molecule has 4 rings (SSSR count). The van der Waals surface area contributed by atoms with Crippen molar-refractivity contribution in [1.82, 2.24) is 10.2 Å². The number of carbonyl (C=O) groups is 2. The van der Waals surface area contributed by atoms with E-state index in [1.807, 2.05) is 31.2 Å². The highest BCUT2D eigenvalue weighted by Gasteiger charge is 2.30. The zero-order valence-electron chi connectivity index (χ0n) is 20.8. The molecule has 1 fully saturated rings. The Hall–Kier alpha value is -2.56. The molecule has 1 aliphatic rings. The maximum Gasteiger partial charge on any atom is 0.243 e. The first-order chi connectivity index (χ1) is 17.5. The fraction of sp³-hybridized carbons (Fsp3) is 0.400. The number of nitrogens with one attached hydrogen (secondary N) is 1. The first-order valence-corrected chi connectivity index (χ1v) is 13.7. The Balaban J connectivity index is 1.55. The highest BCUT2D eigenvalue weighted by atomic mass is 35.5. The Morgan fingerprint density at radius 1 is 0.972 bits per heavy atom. The van der Waals surface area contributed by atoms with Crippen molar-refractivity contribution in [2.75, 3.05) is 0 Å². The number of benzene rings is 3. The maximum absolute atomic E-state index is 13.7. The average molecular weight is 526 g/mol. The van der Waals surface area contributed by atoms with Gasteiger partial charge in [0.05, 0.1) is 0 Å². The molecule has 1 unspecified atom stereocenters. The first-order valence-electron chi connectivity index (χ1n) is 13.0. The molecule has 4 nitrogen and oxygen atoms in total. The lowest BCUT2D eigenvalue weighted by atomic mass is 9.95. The lowest BCUT2D eigenvalue weighted by Crippen LogP contribution is -2.51. The summed E-state index contributed by atoms with van der Waals surface area (Å²) >= 11 is 12.6. The van der Waals surface area contributed by atoms with Crippen LogP contribution in [0.25, 0.3) is 10.8 Å². The van der Waals surface area contributed by atoms with Gasteiger partial charge in [-0.2, -0.15) is 0 Å². The minimum absolute atomic E-state index is 0.0559.